The second kappa shape index (κ2) is 31.4. The van der Waals surface area contributed by atoms with E-state index in [1.807, 2.05) is 66.7 Å². The highest BCUT2D eigenvalue weighted by Crippen LogP contribution is 2.28. The molecule has 6 nitrogen and oxygen atoms in total. The van der Waals surface area contributed by atoms with Gasteiger partial charge in [-0.05, 0) is 42.9 Å². The molecular formula is C35H60BO6S2. The molecule has 0 bridgehead atoms. The number of thioether (sulfide) groups is 1. The minimum atomic E-state index is -0.942. The zero-order chi connectivity index (χ0) is 32.4. The third-order valence-electron chi connectivity index (χ3n) is 5.85. The SMILES string of the molecule is C.C=CCC(C)C.CC(C)CCCSCC(O)CO.COC(C)(C(=O)c1ccccc1)c1ccccc1.OCC(O)CS.[B]. The van der Waals surface area contributed by atoms with E-state index < -0.39 is 17.8 Å². The van der Waals surface area contributed by atoms with Gasteiger partial charge in [0.15, 0.2) is 11.4 Å². The lowest BCUT2D eigenvalue weighted by atomic mass is 9.87. The fourth-order valence-corrected chi connectivity index (χ4v) is 4.25. The van der Waals surface area contributed by atoms with Crippen molar-refractivity contribution in [2.45, 2.75) is 79.1 Å². The molecule has 3 atom stereocenters. The number of aliphatic hydroxyl groups is 4. The topological polar surface area (TPSA) is 107 Å². The summed E-state index contributed by atoms with van der Waals surface area (Å²) >= 11 is 5.40. The van der Waals surface area contributed by atoms with Gasteiger partial charge in [0.1, 0.15) is 0 Å². The summed E-state index contributed by atoms with van der Waals surface area (Å²) in [5.74, 6) is 3.60. The Bertz CT molecular complexity index is 899. The molecule has 0 aromatic heterocycles. The molecule has 2 rings (SSSR count). The number of rotatable bonds is 15. The normalized spacial score (nSPS) is 12.7. The molecule has 0 fully saturated rings. The molecule has 2 aromatic rings. The van der Waals surface area contributed by atoms with Crippen LogP contribution in [0.2, 0.25) is 0 Å². The molecule has 44 heavy (non-hydrogen) atoms. The molecule has 0 heterocycles. The Labute approximate surface area is 280 Å². The van der Waals surface area contributed by atoms with Gasteiger partial charge in [0, 0.05) is 32.6 Å². The van der Waals surface area contributed by atoms with E-state index in [9.17, 15) is 4.79 Å². The number of thiol groups is 1. The molecule has 0 aliphatic heterocycles. The standard InChI is InChI=1S/C16H16O2.C9H20O2S.C6H12.C3H8O2S.CH4.B/c1-16(18-2,14-11-7-4-8-12-14)15(17)13-9-5-3-6-10-13;1-8(2)4-3-5-12-7-9(11)6-10;1-4-5-6(2)3;4-1-3(5)2-6;;/h3-12H,1-2H3;8-11H,3-7H2,1-2H3;4,6H,1,5H2,2-3H3;3-6H,1-2H2;1H4;. The number of ether oxygens (including phenoxy) is 1. The molecule has 3 unspecified atom stereocenters. The monoisotopic (exact) mass is 651 g/mol. The Kier molecular flexibility index (Phi) is 35.2. The molecule has 9 heteroatoms. The van der Waals surface area contributed by atoms with E-state index in [4.69, 9.17) is 25.2 Å². The van der Waals surface area contributed by atoms with Gasteiger partial charge in [-0.2, -0.15) is 24.4 Å². The zero-order valence-corrected chi connectivity index (χ0v) is 28.8. The van der Waals surface area contributed by atoms with Gasteiger partial charge in [-0.25, -0.2) is 0 Å². The van der Waals surface area contributed by atoms with Crippen molar-refractivity contribution in [3.05, 3.63) is 84.4 Å². The lowest BCUT2D eigenvalue weighted by Gasteiger charge is -2.27. The van der Waals surface area contributed by atoms with Crippen molar-refractivity contribution in [3.63, 3.8) is 0 Å². The number of carbonyl (C=O) groups excluding carboxylic acids is 1. The second-order valence-corrected chi connectivity index (χ2v) is 12.2. The van der Waals surface area contributed by atoms with Crippen LogP contribution in [0, 0.1) is 11.8 Å². The van der Waals surface area contributed by atoms with Crippen molar-refractivity contribution >= 4 is 38.6 Å². The highest BCUT2D eigenvalue weighted by molar-refractivity contribution is 7.99. The molecule has 4 N–H and O–H groups in total. The number of ketones is 1. The zero-order valence-electron chi connectivity index (χ0n) is 27.1. The summed E-state index contributed by atoms with van der Waals surface area (Å²) in [5.41, 5.74) is 0.579. The summed E-state index contributed by atoms with van der Waals surface area (Å²) in [4.78, 5) is 12.6. The summed E-state index contributed by atoms with van der Waals surface area (Å²) < 4.78 is 5.49. The summed E-state index contributed by atoms with van der Waals surface area (Å²) in [7, 11) is 1.56. The van der Waals surface area contributed by atoms with E-state index in [-0.39, 0.29) is 34.8 Å². The van der Waals surface area contributed by atoms with Crippen molar-refractivity contribution in [2.75, 3.05) is 37.6 Å². The maximum atomic E-state index is 12.6. The maximum absolute atomic E-state index is 12.6. The molecule has 0 saturated heterocycles. The van der Waals surface area contributed by atoms with Crippen LogP contribution in [0.3, 0.4) is 0 Å². The first-order valence-electron chi connectivity index (χ1n) is 14.5. The Morgan fingerprint density at radius 1 is 0.955 bits per heavy atom. The Balaban J connectivity index is -0.000000268. The molecule has 251 valence electrons. The number of allylic oxidation sites excluding steroid dienone is 1. The van der Waals surface area contributed by atoms with E-state index in [0.717, 1.165) is 29.6 Å². The van der Waals surface area contributed by atoms with Gasteiger partial charge in [0.05, 0.1) is 25.4 Å². The number of hydrogen-bond donors (Lipinski definition) is 5. The van der Waals surface area contributed by atoms with Gasteiger partial charge >= 0.3 is 0 Å². The van der Waals surface area contributed by atoms with Crippen LogP contribution >= 0.6 is 24.4 Å². The fraction of sp³-hybridized carbons (Fsp3) is 0.571. The van der Waals surface area contributed by atoms with Gasteiger partial charge in [-0.1, -0.05) is 108 Å². The van der Waals surface area contributed by atoms with E-state index in [2.05, 4.69) is 46.9 Å². The largest absolute Gasteiger partial charge is 0.394 e. The van der Waals surface area contributed by atoms with Crippen molar-refractivity contribution in [3.8, 4) is 0 Å². The predicted octanol–water partition coefficient (Wildman–Crippen LogP) is 6.68. The van der Waals surface area contributed by atoms with E-state index in [0.29, 0.717) is 17.1 Å². The van der Waals surface area contributed by atoms with Gasteiger partial charge in [-0.3, -0.25) is 4.79 Å². The smallest absolute Gasteiger partial charge is 0.198 e. The number of hydrogen-bond acceptors (Lipinski definition) is 8. The summed E-state index contributed by atoms with van der Waals surface area (Å²) in [6, 6.07) is 18.8. The molecule has 0 aliphatic carbocycles. The Morgan fingerprint density at radius 3 is 1.80 bits per heavy atom. The van der Waals surface area contributed by atoms with E-state index >= 15 is 0 Å². The minimum absolute atomic E-state index is 0. The highest BCUT2D eigenvalue weighted by Gasteiger charge is 2.35. The van der Waals surface area contributed by atoms with Crippen molar-refractivity contribution < 1.29 is 30.0 Å². The maximum Gasteiger partial charge on any atom is 0.198 e. The lowest BCUT2D eigenvalue weighted by Crippen LogP contribution is -2.34. The van der Waals surface area contributed by atoms with Crippen molar-refractivity contribution in [2.24, 2.45) is 11.8 Å². The van der Waals surface area contributed by atoms with Crippen LogP contribution in [0.4, 0.5) is 0 Å². The van der Waals surface area contributed by atoms with Gasteiger partial charge < -0.3 is 25.2 Å². The van der Waals surface area contributed by atoms with Gasteiger partial charge in [-0.15, -0.1) is 6.58 Å². The Morgan fingerprint density at radius 2 is 1.45 bits per heavy atom. The van der Waals surface area contributed by atoms with Crippen molar-refractivity contribution in [1.29, 1.82) is 0 Å². The summed E-state index contributed by atoms with van der Waals surface area (Å²) in [6.45, 7) is 13.9. The van der Waals surface area contributed by atoms with Gasteiger partial charge in [0.2, 0.25) is 0 Å². The number of methoxy groups -OCH3 is 1. The molecule has 3 radical (unpaired) electrons. The molecule has 0 spiro atoms. The molecule has 0 aliphatic rings. The van der Waals surface area contributed by atoms with Crippen LogP contribution in [0.25, 0.3) is 0 Å². The van der Waals surface area contributed by atoms with Crippen LogP contribution < -0.4 is 0 Å². The fourth-order valence-electron chi connectivity index (χ4n) is 3.22. The van der Waals surface area contributed by atoms with Crippen LogP contribution in [-0.2, 0) is 10.3 Å². The van der Waals surface area contributed by atoms with Crippen LogP contribution in [0.1, 0.15) is 77.2 Å². The van der Waals surface area contributed by atoms with Crippen molar-refractivity contribution in [1.82, 2.24) is 0 Å². The van der Waals surface area contributed by atoms with Gasteiger partial charge in [0.25, 0.3) is 0 Å². The number of Topliss-reactive ketones (excluding diaryl/α,β-unsaturated/α-hetero) is 1. The third-order valence-corrected chi connectivity index (χ3v) is 7.47. The molecular weight excluding hydrogens is 591 g/mol. The average molecular weight is 652 g/mol. The summed E-state index contributed by atoms with van der Waals surface area (Å²) in [5, 5.41) is 33.9. The first-order chi connectivity index (χ1) is 19.9. The van der Waals surface area contributed by atoms with Crippen LogP contribution in [0.15, 0.2) is 73.3 Å². The minimum Gasteiger partial charge on any atom is -0.394 e. The first-order valence-corrected chi connectivity index (χ1v) is 16.3. The third kappa shape index (κ3) is 24.7. The van der Waals surface area contributed by atoms with Crippen LogP contribution in [-0.4, -0.2) is 84.4 Å². The second-order valence-electron chi connectivity index (χ2n) is 10.7. The summed E-state index contributed by atoms with van der Waals surface area (Å²) in [6.07, 6.45) is 4.37. The predicted molar refractivity (Wildman–Crippen MR) is 195 cm³/mol. The quantitative estimate of drug-likeness (QED) is 0.0481. The Hall–Kier alpha value is -1.59. The first kappa shape index (κ1) is 49.3. The molecule has 0 saturated carbocycles. The average Bonchev–Trinajstić information content (AvgIpc) is 3.01. The van der Waals surface area contributed by atoms with E-state index in [1.165, 1.54) is 12.8 Å². The number of benzene rings is 2. The molecule has 0 amide bonds. The lowest BCUT2D eigenvalue weighted by molar-refractivity contribution is 0.0101. The molecule has 2 aromatic carbocycles. The number of aliphatic hydroxyl groups excluding tert-OH is 4. The van der Waals surface area contributed by atoms with Crippen LogP contribution in [0.5, 0.6) is 0 Å². The number of carbonyl (C=O) groups is 1. The highest BCUT2D eigenvalue weighted by atomic mass is 32.2. The van der Waals surface area contributed by atoms with E-state index in [1.54, 1.807) is 25.8 Å².